The van der Waals surface area contributed by atoms with Gasteiger partial charge < -0.3 is 4.90 Å². The molecule has 22 heavy (non-hydrogen) atoms. The average molecular weight is 291 g/mol. The van der Waals surface area contributed by atoms with Gasteiger partial charge in [-0.3, -0.25) is 0 Å². The van der Waals surface area contributed by atoms with Gasteiger partial charge in [0.25, 0.3) is 0 Å². The predicted molar refractivity (Wildman–Crippen MR) is 96.5 cm³/mol. The molecule has 1 heterocycles. The molecule has 0 amide bonds. The third-order valence-corrected chi connectivity index (χ3v) is 4.65. The maximum atomic E-state index is 4.28. The van der Waals surface area contributed by atoms with Gasteiger partial charge in [-0.05, 0) is 60.1 Å². The van der Waals surface area contributed by atoms with Gasteiger partial charge in [0.05, 0.1) is 0 Å². The van der Waals surface area contributed by atoms with E-state index in [2.05, 4.69) is 66.9 Å². The minimum Gasteiger partial charge on any atom is -0.372 e. The van der Waals surface area contributed by atoms with Gasteiger partial charge >= 0.3 is 0 Å². The molecular weight excluding hydrogens is 266 g/mol. The standard InChI is InChI=1S/C21H25N/c1-3-18-7-9-19(10-8-18)17(2)20-11-13-21(14-12-20)22-15-5-4-6-16-22/h7-14H,2-6,15-16H2,1H3. The van der Waals surface area contributed by atoms with Crippen LogP contribution in [0.2, 0.25) is 0 Å². The predicted octanol–water partition coefficient (Wildman–Crippen LogP) is 5.30. The minimum atomic E-state index is 1.08. The van der Waals surface area contributed by atoms with Crippen LogP contribution in [0.4, 0.5) is 5.69 Å². The van der Waals surface area contributed by atoms with Crippen LogP contribution in [0, 0.1) is 0 Å². The highest BCUT2D eigenvalue weighted by Crippen LogP contribution is 2.26. The number of piperidine rings is 1. The Bertz CT molecular complexity index is 616. The van der Waals surface area contributed by atoms with Gasteiger partial charge in [-0.15, -0.1) is 0 Å². The molecule has 2 aromatic carbocycles. The van der Waals surface area contributed by atoms with Crippen molar-refractivity contribution in [1.82, 2.24) is 0 Å². The molecule has 1 aliphatic heterocycles. The zero-order valence-electron chi connectivity index (χ0n) is 13.5. The molecule has 0 atom stereocenters. The molecule has 1 aliphatic rings. The molecule has 0 saturated carbocycles. The van der Waals surface area contributed by atoms with Crippen LogP contribution in [-0.2, 0) is 6.42 Å². The normalized spacial score (nSPS) is 14.9. The fraction of sp³-hybridized carbons (Fsp3) is 0.333. The molecule has 0 radical (unpaired) electrons. The number of hydrogen-bond acceptors (Lipinski definition) is 1. The van der Waals surface area contributed by atoms with Gasteiger partial charge in [-0.25, -0.2) is 0 Å². The summed E-state index contributed by atoms with van der Waals surface area (Å²) in [6.07, 6.45) is 5.09. The Hall–Kier alpha value is -2.02. The average Bonchev–Trinajstić information content (AvgIpc) is 2.62. The number of nitrogens with zero attached hydrogens (tertiary/aromatic N) is 1. The molecule has 3 rings (SSSR count). The Labute approximate surface area is 134 Å². The summed E-state index contributed by atoms with van der Waals surface area (Å²) in [7, 11) is 0. The first-order valence-electron chi connectivity index (χ1n) is 8.41. The van der Waals surface area contributed by atoms with Crippen molar-refractivity contribution in [2.24, 2.45) is 0 Å². The first-order valence-corrected chi connectivity index (χ1v) is 8.41. The lowest BCUT2D eigenvalue weighted by atomic mass is 9.98. The highest BCUT2D eigenvalue weighted by atomic mass is 15.1. The summed E-state index contributed by atoms with van der Waals surface area (Å²) in [5.41, 5.74) is 6.25. The third kappa shape index (κ3) is 3.24. The molecule has 1 saturated heterocycles. The molecule has 0 aromatic heterocycles. The van der Waals surface area contributed by atoms with Crippen LogP contribution in [0.5, 0.6) is 0 Å². The van der Waals surface area contributed by atoms with E-state index < -0.39 is 0 Å². The molecule has 0 aliphatic carbocycles. The smallest absolute Gasteiger partial charge is 0.0366 e. The topological polar surface area (TPSA) is 3.24 Å². The summed E-state index contributed by atoms with van der Waals surface area (Å²) >= 11 is 0. The van der Waals surface area contributed by atoms with Gasteiger partial charge in [0, 0.05) is 18.8 Å². The van der Waals surface area contributed by atoms with Crippen molar-refractivity contribution in [3.63, 3.8) is 0 Å². The Balaban J connectivity index is 1.74. The van der Waals surface area contributed by atoms with Crippen molar-refractivity contribution in [3.05, 3.63) is 71.8 Å². The van der Waals surface area contributed by atoms with E-state index in [0.29, 0.717) is 0 Å². The molecule has 1 nitrogen and oxygen atoms in total. The monoisotopic (exact) mass is 291 g/mol. The van der Waals surface area contributed by atoms with E-state index >= 15 is 0 Å². The van der Waals surface area contributed by atoms with Crippen LogP contribution in [0.1, 0.15) is 42.9 Å². The molecule has 0 bridgehead atoms. The minimum absolute atomic E-state index is 1.08. The van der Waals surface area contributed by atoms with Crippen LogP contribution in [0.25, 0.3) is 5.57 Å². The van der Waals surface area contributed by atoms with Gasteiger partial charge in [-0.2, -0.15) is 0 Å². The lowest BCUT2D eigenvalue weighted by Crippen LogP contribution is -2.29. The van der Waals surface area contributed by atoms with E-state index in [1.165, 1.54) is 54.7 Å². The van der Waals surface area contributed by atoms with Crippen molar-refractivity contribution >= 4 is 11.3 Å². The zero-order chi connectivity index (χ0) is 15.4. The molecule has 1 fully saturated rings. The second kappa shape index (κ2) is 6.83. The van der Waals surface area contributed by atoms with E-state index in [1.54, 1.807) is 0 Å². The van der Waals surface area contributed by atoms with Crippen LogP contribution in [-0.4, -0.2) is 13.1 Å². The Morgan fingerprint density at radius 2 is 1.41 bits per heavy atom. The summed E-state index contributed by atoms with van der Waals surface area (Å²) < 4.78 is 0. The summed E-state index contributed by atoms with van der Waals surface area (Å²) in [4.78, 5) is 2.49. The van der Waals surface area contributed by atoms with Crippen molar-refractivity contribution < 1.29 is 0 Å². The van der Waals surface area contributed by atoms with Crippen molar-refractivity contribution in [1.29, 1.82) is 0 Å². The van der Waals surface area contributed by atoms with Gasteiger partial charge in [0.1, 0.15) is 0 Å². The van der Waals surface area contributed by atoms with Crippen LogP contribution < -0.4 is 4.90 Å². The van der Waals surface area contributed by atoms with Crippen molar-refractivity contribution in [3.8, 4) is 0 Å². The molecule has 2 aromatic rings. The number of aryl methyl sites for hydroxylation is 1. The Morgan fingerprint density at radius 1 is 0.864 bits per heavy atom. The highest BCUT2D eigenvalue weighted by Gasteiger charge is 2.11. The van der Waals surface area contributed by atoms with Crippen molar-refractivity contribution in [2.75, 3.05) is 18.0 Å². The number of hydrogen-bond donors (Lipinski definition) is 0. The van der Waals surface area contributed by atoms with Gasteiger partial charge in [0.2, 0.25) is 0 Å². The summed E-state index contributed by atoms with van der Waals surface area (Å²) in [5, 5.41) is 0. The first kappa shape index (κ1) is 14.9. The van der Waals surface area contributed by atoms with E-state index in [4.69, 9.17) is 0 Å². The summed E-state index contributed by atoms with van der Waals surface area (Å²) in [6.45, 7) is 8.85. The molecule has 0 N–H and O–H groups in total. The maximum Gasteiger partial charge on any atom is 0.0366 e. The fourth-order valence-corrected chi connectivity index (χ4v) is 3.13. The van der Waals surface area contributed by atoms with Crippen LogP contribution in [0.15, 0.2) is 55.1 Å². The quantitative estimate of drug-likeness (QED) is 0.738. The Morgan fingerprint density at radius 3 is 1.95 bits per heavy atom. The van der Waals surface area contributed by atoms with Crippen molar-refractivity contribution in [2.45, 2.75) is 32.6 Å². The van der Waals surface area contributed by atoms with E-state index in [9.17, 15) is 0 Å². The molecule has 114 valence electrons. The van der Waals surface area contributed by atoms with Gasteiger partial charge in [-0.1, -0.05) is 49.9 Å². The zero-order valence-corrected chi connectivity index (χ0v) is 13.5. The second-order valence-electron chi connectivity index (χ2n) is 6.12. The lowest BCUT2D eigenvalue weighted by Gasteiger charge is -2.29. The van der Waals surface area contributed by atoms with Gasteiger partial charge in [0.15, 0.2) is 0 Å². The SMILES string of the molecule is C=C(c1ccc(CC)cc1)c1ccc(N2CCCCC2)cc1. The summed E-state index contributed by atoms with van der Waals surface area (Å²) in [6, 6.07) is 17.7. The largest absolute Gasteiger partial charge is 0.372 e. The third-order valence-electron chi connectivity index (χ3n) is 4.65. The molecule has 0 spiro atoms. The number of rotatable bonds is 4. The lowest BCUT2D eigenvalue weighted by molar-refractivity contribution is 0.578. The van der Waals surface area contributed by atoms with E-state index in [1.807, 2.05) is 0 Å². The summed E-state index contributed by atoms with van der Waals surface area (Å²) in [5.74, 6) is 0. The molecule has 0 unspecified atom stereocenters. The molecular formula is C21H25N. The van der Waals surface area contributed by atoms with E-state index in [0.717, 1.165) is 12.0 Å². The fourth-order valence-electron chi connectivity index (χ4n) is 3.13. The number of anilines is 1. The maximum absolute atomic E-state index is 4.28. The second-order valence-corrected chi connectivity index (χ2v) is 6.12. The Kier molecular flexibility index (Phi) is 4.62. The van der Waals surface area contributed by atoms with E-state index in [-0.39, 0.29) is 0 Å². The molecule has 1 heteroatoms. The van der Waals surface area contributed by atoms with Crippen LogP contribution >= 0.6 is 0 Å². The highest BCUT2D eigenvalue weighted by molar-refractivity contribution is 5.78. The number of benzene rings is 2. The first-order chi connectivity index (χ1) is 10.8. The van der Waals surface area contributed by atoms with Crippen LogP contribution in [0.3, 0.4) is 0 Å².